The van der Waals surface area contributed by atoms with Crippen LogP contribution in [0, 0.1) is 0 Å². The molecule has 1 saturated carbocycles. The summed E-state index contributed by atoms with van der Waals surface area (Å²) in [7, 11) is 4.02. The molecule has 4 nitrogen and oxygen atoms in total. The lowest BCUT2D eigenvalue weighted by Crippen LogP contribution is -2.41. The Hall–Kier alpha value is -1.39. The van der Waals surface area contributed by atoms with E-state index in [4.69, 9.17) is 4.74 Å². The minimum Gasteiger partial charge on any atom is -0.370 e. The Bertz CT molecular complexity index is 578. The second kappa shape index (κ2) is 5.94. The number of hydrogen-bond acceptors (Lipinski definition) is 3. The molecule has 20 heavy (non-hydrogen) atoms. The molecule has 0 bridgehead atoms. The molecular formula is C16H23N3O. The van der Waals surface area contributed by atoms with Gasteiger partial charge in [-0.05, 0) is 26.0 Å². The summed E-state index contributed by atoms with van der Waals surface area (Å²) in [6.07, 6.45) is 5.25. The SMILES string of the molecule is CNC1CCCCC1OCc1nn(C)c2ccccc12. The Morgan fingerprint density at radius 2 is 2.10 bits per heavy atom. The number of benzene rings is 1. The number of fused-ring (bicyclic) bond motifs is 1. The molecule has 108 valence electrons. The van der Waals surface area contributed by atoms with E-state index in [9.17, 15) is 0 Å². The quantitative estimate of drug-likeness (QED) is 0.930. The standard InChI is InChI=1S/C16H23N3O/c1-17-13-8-4-6-10-16(13)20-11-14-12-7-3-5-9-15(12)19(2)18-14/h3,5,7,9,13,16-17H,4,6,8,10-11H2,1-2H3. The summed E-state index contributed by atoms with van der Waals surface area (Å²) in [5.41, 5.74) is 2.21. The number of rotatable bonds is 4. The molecule has 1 aromatic heterocycles. The van der Waals surface area contributed by atoms with Crippen LogP contribution in [-0.2, 0) is 18.4 Å². The number of hydrogen-bond donors (Lipinski definition) is 1. The van der Waals surface area contributed by atoms with Crippen LogP contribution < -0.4 is 5.32 Å². The fraction of sp³-hybridized carbons (Fsp3) is 0.562. The molecule has 1 aromatic carbocycles. The summed E-state index contributed by atoms with van der Waals surface area (Å²) >= 11 is 0. The minimum atomic E-state index is 0.314. The Labute approximate surface area is 120 Å². The highest BCUT2D eigenvalue weighted by atomic mass is 16.5. The lowest BCUT2D eigenvalue weighted by molar-refractivity contribution is -0.00471. The summed E-state index contributed by atoms with van der Waals surface area (Å²) in [6.45, 7) is 0.601. The van der Waals surface area contributed by atoms with Gasteiger partial charge >= 0.3 is 0 Å². The van der Waals surface area contributed by atoms with Crippen LogP contribution in [0.5, 0.6) is 0 Å². The molecule has 4 heteroatoms. The van der Waals surface area contributed by atoms with E-state index < -0.39 is 0 Å². The van der Waals surface area contributed by atoms with Crippen LogP contribution >= 0.6 is 0 Å². The van der Waals surface area contributed by atoms with Crippen LogP contribution in [0.15, 0.2) is 24.3 Å². The van der Waals surface area contributed by atoms with Crippen LogP contribution in [0.4, 0.5) is 0 Å². The van der Waals surface area contributed by atoms with Crippen molar-refractivity contribution in [1.82, 2.24) is 15.1 Å². The average molecular weight is 273 g/mol. The number of aryl methyl sites for hydroxylation is 1. The highest BCUT2D eigenvalue weighted by molar-refractivity contribution is 5.81. The fourth-order valence-electron chi connectivity index (χ4n) is 3.21. The van der Waals surface area contributed by atoms with Gasteiger partial charge in [0.15, 0.2) is 0 Å². The Kier molecular flexibility index (Phi) is 4.03. The molecule has 0 aliphatic heterocycles. The summed E-state index contributed by atoms with van der Waals surface area (Å²) < 4.78 is 8.09. The molecule has 2 aromatic rings. The van der Waals surface area contributed by atoms with Crippen molar-refractivity contribution in [3.05, 3.63) is 30.0 Å². The number of nitrogens with one attached hydrogen (secondary N) is 1. The van der Waals surface area contributed by atoms with Crippen molar-refractivity contribution < 1.29 is 4.74 Å². The maximum Gasteiger partial charge on any atom is 0.0960 e. The third-order valence-electron chi connectivity index (χ3n) is 4.34. The number of nitrogens with zero attached hydrogens (tertiary/aromatic N) is 2. The molecule has 0 spiro atoms. The monoisotopic (exact) mass is 273 g/mol. The third-order valence-corrected chi connectivity index (χ3v) is 4.34. The number of para-hydroxylation sites is 1. The lowest BCUT2D eigenvalue weighted by Gasteiger charge is -2.31. The first-order valence-electron chi connectivity index (χ1n) is 7.49. The van der Waals surface area contributed by atoms with Crippen molar-refractivity contribution in [3.8, 4) is 0 Å². The van der Waals surface area contributed by atoms with E-state index in [1.807, 2.05) is 24.8 Å². The molecule has 2 unspecified atom stereocenters. The molecule has 2 atom stereocenters. The maximum atomic E-state index is 6.16. The summed E-state index contributed by atoms with van der Waals surface area (Å²) in [4.78, 5) is 0. The van der Waals surface area contributed by atoms with Gasteiger partial charge in [0.25, 0.3) is 0 Å². The van der Waals surface area contributed by atoms with Gasteiger partial charge in [0.2, 0.25) is 0 Å². The summed E-state index contributed by atoms with van der Waals surface area (Å²) in [5, 5.41) is 9.18. The highest BCUT2D eigenvalue weighted by Crippen LogP contribution is 2.24. The zero-order valence-corrected chi connectivity index (χ0v) is 12.3. The molecule has 0 radical (unpaired) electrons. The van der Waals surface area contributed by atoms with Crippen molar-refractivity contribution >= 4 is 10.9 Å². The molecule has 1 aliphatic rings. The lowest BCUT2D eigenvalue weighted by atomic mass is 9.92. The van der Waals surface area contributed by atoms with Gasteiger partial charge in [-0.15, -0.1) is 0 Å². The van der Waals surface area contributed by atoms with Gasteiger partial charge in [0.1, 0.15) is 0 Å². The van der Waals surface area contributed by atoms with Crippen molar-refractivity contribution in [2.45, 2.75) is 44.4 Å². The number of aromatic nitrogens is 2. The van der Waals surface area contributed by atoms with E-state index in [1.54, 1.807) is 0 Å². The Balaban J connectivity index is 1.73. The molecule has 1 N–H and O–H groups in total. The molecule has 1 fully saturated rings. The van der Waals surface area contributed by atoms with E-state index in [2.05, 4.69) is 28.6 Å². The fourth-order valence-corrected chi connectivity index (χ4v) is 3.21. The van der Waals surface area contributed by atoms with Gasteiger partial charge in [0, 0.05) is 18.5 Å². The zero-order chi connectivity index (χ0) is 13.9. The van der Waals surface area contributed by atoms with Crippen LogP contribution in [0.1, 0.15) is 31.4 Å². The summed E-state index contributed by atoms with van der Waals surface area (Å²) in [5.74, 6) is 0. The Morgan fingerprint density at radius 3 is 2.95 bits per heavy atom. The van der Waals surface area contributed by atoms with Crippen LogP contribution in [0.3, 0.4) is 0 Å². The van der Waals surface area contributed by atoms with E-state index >= 15 is 0 Å². The van der Waals surface area contributed by atoms with Gasteiger partial charge in [-0.25, -0.2) is 0 Å². The molecule has 0 amide bonds. The average Bonchev–Trinajstić information content (AvgIpc) is 2.82. The van der Waals surface area contributed by atoms with Crippen molar-refractivity contribution in [3.63, 3.8) is 0 Å². The smallest absolute Gasteiger partial charge is 0.0960 e. The van der Waals surface area contributed by atoms with E-state index in [1.165, 1.54) is 30.2 Å². The zero-order valence-electron chi connectivity index (χ0n) is 12.3. The number of ether oxygens (including phenoxy) is 1. The first kappa shape index (κ1) is 13.6. The van der Waals surface area contributed by atoms with E-state index in [0.29, 0.717) is 18.8 Å². The van der Waals surface area contributed by atoms with Gasteiger partial charge in [-0.3, -0.25) is 4.68 Å². The van der Waals surface area contributed by atoms with Crippen molar-refractivity contribution in [1.29, 1.82) is 0 Å². The van der Waals surface area contributed by atoms with Crippen LogP contribution in [-0.4, -0.2) is 29.0 Å². The van der Waals surface area contributed by atoms with Crippen molar-refractivity contribution in [2.75, 3.05) is 7.05 Å². The first-order valence-corrected chi connectivity index (χ1v) is 7.49. The predicted molar refractivity (Wildman–Crippen MR) is 80.6 cm³/mol. The number of likely N-dealkylation sites (N-methyl/N-ethyl adjacent to an activating group) is 1. The first-order chi connectivity index (χ1) is 9.79. The van der Waals surface area contributed by atoms with Gasteiger partial charge in [0.05, 0.1) is 23.9 Å². The predicted octanol–water partition coefficient (Wildman–Crippen LogP) is 2.62. The summed E-state index contributed by atoms with van der Waals surface area (Å²) in [6, 6.07) is 8.82. The Morgan fingerprint density at radius 1 is 1.30 bits per heavy atom. The molecular weight excluding hydrogens is 250 g/mol. The maximum absolute atomic E-state index is 6.16. The van der Waals surface area contributed by atoms with Gasteiger partial charge in [-0.1, -0.05) is 31.0 Å². The van der Waals surface area contributed by atoms with Gasteiger partial charge < -0.3 is 10.1 Å². The van der Waals surface area contributed by atoms with Gasteiger partial charge in [-0.2, -0.15) is 5.10 Å². The topological polar surface area (TPSA) is 39.1 Å². The third kappa shape index (κ3) is 2.58. The molecule has 1 aliphatic carbocycles. The van der Waals surface area contributed by atoms with Crippen LogP contribution in [0.25, 0.3) is 10.9 Å². The normalized spacial score (nSPS) is 23.3. The van der Waals surface area contributed by atoms with Crippen LogP contribution in [0.2, 0.25) is 0 Å². The molecule has 3 rings (SSSR count). The highest BCUT2D eigenvalue weighted by Gasteiger charge is 2.24. The van der Waals surface area contributed by atoms with Crippen molar-refractivity contribution in [2.24, 2.45) is 7.05 Å². The molecule has 1 heterocycles. The second-order valence-electron chi connectivity index (χ2n) is 5.62. The largest absolute Gasteiger partial charge is 0.370 e. The van der Waals surface area contributed by atoms with E-state index in [0.717, 1.165) is 12.1 Å². The molecule has 0 saturated heterocycles. The second-order valence-corrected chi connectivity index (χ2v) is 5.62. The minimum absolute atomic E-state index is 0.314. The van der Waals surface area contributed by atoms with E-state index in [-0.39, 0.29) is 0 Å².